The molecule has 0 aromatic rings. The van der Waals surface area contributed by atoms with E-state index in [9.17, 15) is 4.79 Å². The van der Waals surface area contributed by atoms with Gasteiger partial charge in [-0.15, -0.1) is 0 Å². The van der Waals surface area contributed by atoms with Crippen molar-refractivity contribution in [3.05, 3.63) is 0 Å². The lowest BCUT2D eigenvalue weighted by Gasteiger charge is -2.33. The average molecular weight is 255 g/mol. The zero-order valence-electron chi connectivity index (χ0n) is 12.3. The highest BCUT2D eigenvalue weighted by Crippen LogP contribution is 2.28. The van der Waals surface area contributed by atoms with Crippen LogP contribution >= 0.6 is 0 Å². The van der Waals surface area contributed by atoms with Crippen LogP contribution in [0.1, 0.15) is 58.8 Å². The molecule has 106 valence electrons. The molecule has 3 nitrogen and oxygen atoms in total. The zero-order chi connectivity index (χ0) is 13.4. The number of nitrogens with zero attached hydrogens (tertiary/aromatic N) is 1. The van der Waals surface area contributed by atoms with E-state index in [1.54, 1.807) is 0 Å². The van der Waals surface area contributed by atoms with Gasteiger partial charge in [-0.3, -0.25) is 4.79 Å². The Hall–Kier alpha value is -0.570. The van der Waals surface area contributed by atoms with Gasteiger partial charge in [0, 0.05) is 6.04 Å². The minimum atomic E-state index is 0.0181. The molecule has 1 fully saturated rings. The molecule has 1 aliphatic rings. The van der Waals surface area contributed by atoms with E-state index in [1.165, 1.54) is 25.8 Å². The summed E-state index contributed by atoms with van der Waals surface area (Å²) in [4.78, 5) is 14.1. The van der Waals surface area contributed by atoms with Crippen molar-refractivity contribution in [3.8, 4) is 0 Å². The number of carbonyl (C=O) groups is 1. The Morgan fingerprint density at radius 1 is 1.17 bits per heavy atom. The lowest BCUT2D eigenvalue weighted by Crippen LogP contribution is -2.37. The Bertz CT molecular complexity index is 235. The summed E-state index contributed by atoms with van der Waals surface area (Å²) in [6.45, 7) is 5.83. The second-order valence-corrected chi connectivity index (χ2v) is 5.45. The minimum Gasteiger partial charge on any atom is -0.466 e. The largest absolute Gasteiger partial charge is 0.466 e. The van der Waals surface area contributed by atoms with E-state index in [-0.39, 0.29) is 11.9 Å². The van der Waals surface area contributed by atoms with Gasteiger partial charge >= 0.3 is 5.97 Å². The molecule has 0 saturated heterocycles. The van der Waals surface area contributed by atoms with E-state index in [1.807, 2.05) is 6.92 Å². The number of ether oxygens (including phenoxy) is 1. The topological polar surface area (TPSA) is 29.5 Å². The van der Waals surface area contributed by atoms with Crippen LogP contribution in [-0.2, 0) is 9.53 Å². The van der Waals surface area contributed by atoms with Gasteiger partial charge in [-0.05, 0) is 52.6 Å². The average Bonchev–Trinajstić information content (AvgIpc) is 2.39. The molecule has 0 bridgehead atoms. The zero-order valence-corrected chi connectivity index (χ0v) is 12.3. The lowest BCUT2D eigenvalue weighted by atomic mass is 9.85. The van der Waals surface area contributed by atoms with Gasteiger partial charge in [0.15, 0.2) is 0 Å². The summed E-state index contributed by atoms with van der Waals surface area (Å²) < 4.78 is 5.10. The molecule has 0 unspecified atom stereocenters. The fourth-order valence-corrected chi connectivity index (χ4v) is 2.81. The Labute approximate surface area is 112 Å². The summed E-state index contributed by atoms with van der Waals surface area (Å²) in [6, 6.07) is 0.674. The van der Waals surface area contributed by atoms with Crippen molar-refractivity contribution in [3.63, 3.8) is 0 Å². The first-order chi connectivity index (χ1) is 8.69. The Balaban J connectivity index is 2.23. The van der Waals surface area contributed by atoms with Crippen molar-refractivity contribution in [1.29, 1.82) is 0 Å². The maximum atomic E-state index is 11.6. The van der Waals surface area contributed by atoms with Gasteiger partial charge in [-0.1, -0.05) is 19.8 Å². The van der Waals surface area contributed by atoms with Crippen LogP contribution in [0.25, 0.3) is 0 Å². The van der Waals surface area contributed by atoms with E-state index in [2.05, 4.69) is 18.9 Å². The van der Waals surface area contributed by atoms with Gasteiger partial charge < -0.3 is 9.64 Å². The van der Waals surface area contributed by atoms with Gasteiger partial charge in [0.25, 0.3) is 0 Å². The Kier molecular flexibility index (Phi) is 7.33. The van der Waals surface area contributed by atoms with Crippen molar-refractivity contribution in [1.82, 2.24) is 4.90 Å². The van der Waals surface area contributed by atoms with E-state index < -0.39 is 0 Å². The molecule has 0 radical (unpaired) electrons. The van der Waals surface area contributed by atoms with Crippen molar-refractivity contribution in [2.75, 3.05) is 20.2 Å². The van der Waals surface area contributed by atoms with Crippen LogP contribution < -0.4 is 0 Å². The highest BCUT2D eigenvalue weighted by atomic mass is 16.5. The smallest absolute Gasteiger partial charge is 0.308 e. The molecule has 0 atom stereocenters. The second kappa shape index (κ2) is 8.52. The minimum absolute atomic E-state index is 0.0181. The van der Waals surface area contributed by atoms with Gasteiger partial charge in [0.1, 0.15) is 0 Å². The number of hydrogen-bond donors (Lipinski definition) is 0. The molecule has 3 heteroatoms. The summed E-state index contributed by atoms with van der Waals surface area (Å²) >= 11 is 0. The molecule has 18 heavy (non-hydrogen) atoms. The predicted octanol–water partition coefficient (Wildman–Crippen LogP) is 3.23. The fourth-order valence-electron chi connectivity index (χ4n) is 2.81. The number of unbranched alkanes of at least 4 members (excludes halogenated alkanes) is 2. The molecular formula is C15H29NO2. The maximum absolute atomic E-state index is 11.6. The predicted molar refractivity (Wildman–Crippen MR) is 74.5 cm³/mol. The molecule has 0 aliphatic heterocycles. The van der Waals surface area contributed by atoms with Crippen LogP contribution in [0.2, 0.25) is 0 Å². The van der Waals surface area contributed by atoms with Crippen LogP contribution in [-0.4, -0.2) is 37.1 Å². The van der Waals surface area contributed by atoms with Gasteiger partial charge in [0.2, 0.25) is 0 Å². The van der Waals surface area contributed by atoms with Crippen molar-refractivity contribution >= 4 is 5.97 Å². The summed E-state index contributed by atoms with van der Waals surface area (Å²) in [6.07, 6.45) is 8.19. The molecule has 1 rings (SSSR count). The maximum Gasteiger partial charge on any atom is 0.308 e. The number of esters is 1. The van der Waals surface area contributed by atoms with Crippen molar-refractivity contribution < 1.29 is 9.53 Å². The van der Waals surface area contributed by atoms with E-state index >= 15 is 0 Å². The summed E-state index contributed by atoms with van der Waals surface area (Å²) in [7, 11) is 2.23. The monoisotopic (exact) mass is 255 g/mol. The number of rotatable bonds is 7. The third-order valence-corrected chi connectivity index (χ3v) is 4.05. The van der Waals surface area contributed by atoms with Gasteiger partial charge in [-0.25, -0.2) is 0 Å². The highest BCUT2D eigenvalue weighted by molar-refractivity contribution is 5.72. The third-order valence-electron chi connectivity index (χ3n) is 4.05. The van der Waals surface area contributed by atoms with Crippen molar-refractivity contribution in [2.45, 2.75) is 64.8 Å². The van der Waals surface area contributed by atoms with E-state index in [0.717, 1.165) is 25.7 Å². The molecule has 1 saturated carbocycles. The quantitative estimate of drug-likeness (QED) is 0.517. The molecule has 1 aliphatic carbocycles. The van der Waals surface area contributed by atoms with Crippen LogP contribution in [0.3, 0.4) is 0 Å². The SMILES string of the molecule is CCCCCN(C)C1CCC(C(=O)OCC)CC1. The first-order valence-electron chi connectivity index (χ1n) is 7.55. The van der Waals surface area contributed by atoms with E-state index in [0.29, 0.717) is 12.6 Å². The van der Waals surface area contributed by atoms with E-state index in [4.69, 9.17) is 4.74 Å². The van der Waals surface area contributed by atoms with Crippen LogP contribution in [0.5, 0.6) is 0 Å². The van der Waals surface area contributed by atoms with Crippen molar-refractivity contribution in [2.24, 2.45) is 5.92 Å². The normalized spacial score (nSPS) is 24.2. The Morgan fingerprint density at radius 2 is 1.83 bits per heavy atom. The summed E-state index contributed by atoms with van der Waals surface area (Å²) in [5.41, 5.74) is 0. The second-order valence-electron chi connectivity index (χ2n) is 5.45. The fraction of sp³-hybridized carbons (Fsp3) is 0.933. The first-order valence-corrected chi connectivity index (χ1v) is 7.55. The van der Waals surface area contributed by atoms with Gasteiger partial charge in [-0.2, -0.15) is 0 Å². The summed E-state index contributed by atoms with van der Waals surface area (Å²) in [5, 5.41) is 0. The molecule has 0 spiro atoms. The number of carbonyl (C=O) groups excluding carboxylic acids is 1. The van der Waals surface area contributed by atoms with Crippen LogP contribution in [0.15, 0.2) is 0 Å². The van der Waals surface area contributed by atoms with Crippen LogP contribution in [0, 0.1) is 5.92 Å². The number of hydrogen-bond acceptors (Lipinski definition) is 3. The molecule has 0 heterocycles. The molecule has 0 N–H and O–H groups in total. The van der Waals surface area contributed by atoms with Crippen LogP contribution in [0.4, 0.5) is 0 Å². The lowest BCUT2D eigenvalue weighted by molar-refractivity contribution is -0.149. The highest BCUT2D eigenvalue weighted by Gasteiger charge is 2.28. The van der Waals surface area contributed by atoms with Gasteiger partial charge in [0.05, 0.1) is 12.5 Å². The molecule has 0 aromatic heterocycles. The first kappa shape index (κ1) is 15.5. The standard InChI is InChI=1S/C15H29NO2/c1-4-6-7-12-16(3)14-10-8-13(9-11-14)15(17)18-5-2/h13-14H,4-12H2,1-3H3. The molecule has 0 amide bonds. The Morgan fingerprint density at radius 3 is 2.39 bits per heavy atom. The summed E-state index contributed by atoms with van der Waals surface area (Å²) in [5.74, 6) is 0.176. The molecule has 0 aromatic carbocycles. The third kappa shape index (κ3) is 4.97. The molecular weight excluding hydrogens is 226 g/mol.